The summed E-state index contributed by atoms with van der Waals surface area (Å²) >= 11 is 3.26. The van der Waals surface area contributed by atoms with Gasteiger partial charge in [-0.2, -0.15) is 0 Å². The lowest BCUT2D eigenvalue weighted by Crippen LogP contribution is -2.43. The SMILES string of the molecule is COc1cc(C(=O)N[C@H](CO)C(=O)O)cc(OC)c1Br. The Kier molecular flexibility index (Phi) is 5.78. The van der Waals surface area contributed by atoms with Crippen LogP contribution in [-0.4, -0.2) is 49.0 Å². The highest BCUT2D eigenvalue weighted by Gasteiger charge is 2.21. The summed E-state index contributed by atoms with van der Waals surface area (Å²) in [6.45, 7) is -0.703. The highest BCUT2D eigenvalue weighted by molar-refractivity contribution is 9.10. The van der Waals surface area contributed by atoms with E-state index >= 15 is 0 Å². The maximum Gasteiger partial charge on any atom is 0.328 e. The molecule has 0 spiro atoms. The summed E-state index contributed by atoms with van der Waals surface area (Å²) < 4.78 is 10.7. The van der Waals surface area contributed by atoms with Gasteiger partial charge in [-0.05, 0) is 28.1 Å². The van der Waals surface area contributed by atoms with Crippen LogP contribution in [0.4, 0.5) is 0 Å². The number of aliphatic hydroxyl groups excluding tert-OH is 1. The predicted molar refractivity (Wildman–Crippen MR) is 73.2 cm³/mol. The van der Waals surface area contributed by atoms with Crippen molar-refractivity contribution in [1.82, 2.24) is 5.32 Å². The van der Waals surface area contributed by atoms with Crippen LogP contribution in [0.1, 0.15) is 10.4 Å². The van der Waals surface area contributed by atoms with Crippen LogP contribution in [0.5, 0.6) is 11.5 Å². The highest BCUT2D eigenvalue weighted by Crippen LogP contribution is 2.35. The van der Waals surface area contributed by atoms with Crippen LogP contribution < -0.4 is 14.8 Å². The van der Waals surface area contributed by atoms with Crippen molar-refractivity contribution < 1.29 is 29.3 Å². The van der Waals surface area contributed by atoms with Crippen LogP contribution in [0.15, 0.2) is 16.6 Å². The molecule has 110 valence electrons. The number of rotatable bonds is 6. The van der Waals surface area contributed by atoms with Gasteiger partial charge in [-0.1, -0.05) is 0 Å². The summed E-state index contributed by atoms with van der Waals surface area (Å²) in [6, 6.07) is 1.49. The van der Waals surface area contributed by atoms with Crippen molar-refractivity contribution in [3.8, 4) is 11.5 Å². The van der Waals surface area contributed by atoms with Gasteiger partial charge in [-0.3, -0.25) is 4.79 Å². The molecule has 0 radical (unpaired) electrons. The Bertz CT molecular complexity index is 494. The first-order valence-corrected chi connectivity index (χ1v) is 6.30. The Balaban J connectivity index is 3.07. The third-order valence-corrected chi connectivity index (χ3v) is 3.28. The molecule has 1 atom stereocenters. The molecule has 0 heterocycles. The van der Waals surface area contributed by atoms with E-state index in [1.54, 1.807) is 0 Å². The zero-order valence-corrected chi connectivity index (χ0v) is 12.4. The first-order chi connectivity index (χ1) is 9.44. The van der Waals surface area contributed by atoms with E-state index in [9.17, 15) is 9.59 Å². The van der Waals surface area contributed by atoms with Gasteiger partial charge < -0.3 is 25.0 Å². The minimum absolute atomic E-state index is 0.154. The van der Waals surface area contributed by atoms with E-state index in [0.717, 1.165) is 0 Å². The van der Waals surface area contributed by atoms with E-state index < -0.39 is 24.5 Å². The molecule has 0 aromatic heterocycles. The summed E-state index contributed by atoms with van der Waals surface area (Å²) in [4.78, 5) is 22.7. The molecule has 1 aromatic rings. The fourth-order valence-electron chi connectivity index (χ4n) is 1.43. The first kappa shape index (κ1) is 16.3. The molecule has 0 unspecified atom stereocenters. The molecule has 1 amide bonds. The van der Waals surface area contributed by atoms with Gasteiger partial charge in [0.1, 0.15) is 16.0 Å². The minimum atomic E-state index is -1.37. The lowest BCUT2D eigenvalue weighted by Gasteiger charge is -2.14. The van der Waals surface area contributed by atoms with Gasteiger partial charge >= 0.3 is 5.97 Å². The third kappa shape index (κ3) is 3.61. The van der Waals surface area contributed by atoms with Crippen molar-refractivity contribution in [2.45, 2.75) is 6.04 Å². The van der Waals surface area contributed by atoms with Crippen LogP contribution >= 0.6 is 15.9 Å². The summed E-state index contributed by atoms with van der Waals surface area (Å²) in [7, 11) is 2.85. The first-order valence-electron chi connectivity index (χ1n) is 5.50. The topological polar surface area (TPSA) is 105 Å². The normalized spacial score (nSPS) is 11.6. The summed E-state index contributed by atoms with van der Waals surface area (Å²) in [5.41, 5.74) is 0.154. The molecule has 1 rings (SSSR count). The Hall–Kier alpha value is -1.80. The largest absolute Gasteiger partial charge is 0.495 e. The standard InChI is InChI=1S/C12H14BrNO6/c1-19-8-3-6(4-9(20-2)10(8)13)11(16)14-7(5-15)12(17)18/h3-4,7,15H,5H2,1-2H3,(H,14,16)(H,17,18)/t7-/m1/s1. The van der Waals surface area contributed by atoms with Crippen LogP contribution in [0, 0.1) is 0 Å². The summed E-state index contributed by atoms with van der Waals surface area (Å²) in [6.07, 6.45) is 0. The van der Waals surface area contributed by atoms with E-state index in [1.165, 1.54) is 26.4 Å². The fourth-order valence-corrected chi connectivity index (χ4v) is 1.98. The smallest absolute Gasteiger partial charge is 0.328 e. The lowest BCUT2D eigenvalue weighted by atomic mass is 10.1. The maximum absolute atomic E-state index is 12.0. The number of carbonyl (C=O) groups is 2. The monoisotopic (exact) mass is 347 g/mol. The van der Waals surface area contributed by atoms with Gasteiger partial charge in [-0.25, -0.2) is 4.79 Å². The molecule has 3 N–H and O–H groups in total. The van der Waals surface area contributed by atoms with E-state index in [0.29, 0.717) is 16.0 Å². The van der Waals surface area contributed by atoms with E-state index in [4.69, 9.17) is 19.7 Å². The molecule has 0 aliphatic rings. The summed E-state index contributed by atoms with van der Waals surface area (Å²) in [5, 5.41) is 19.9. The van der Waals surface area contributed by atoms with Crippen LogP contribution in [0.3, 0.4) is 0 Å². The Morgan fingerprint density at radius 2 is 1.80 bits per heavy atom. The third-order valence-electron chi connectivity index (χ3n) is 2.49. The second-order valence-corrected chi connectivity index (χ2v) is 4.53. The average Bonchev–Trinajstić information content (AvgIpc) is 2.44. The number of ether oxygens (including phenoxy) is 2. The number of aliphatic hydroxyl groups is 1. The van der Waals surface area contributed by atoms with E-state index in [-0.39, 0.29) is 5.56 Å². The van der Waals surface area contributed by atoms with Crippen molar-refractivity contribution >= 4 is 27.8 Å². The molecule has 0 aliphatic heterocycles. The second-order valence-electron chi connectivity index (χ2n) is 3.74. The van der Waals surface area contributed by atoms with E-state index in [2.05, 4.69) is 21.2 Å². The summed E-state index contributed by atoms with van der Waals surface area (Å²) in [5.74, 6) is -1.25. The Morgan fingerprint density at radius 1 is 1.30 bits per heavy atom. The number of nitrogens with one attached hydrogen (secondary N) is 1. The maximum atomic E-state index is 12.0. The van der Waals surface area contributed by atoms with Gasteiger partial charge in [-0.15, -0.1) is 0 Å². The van der Waals surface area contributed by atoms with Gasteiger partial charge in [0.15, 0.2) is 6.04 Å². The van der Waals surface area contributed by atoms with Gasteiger partial charge in [0.2, 0.25) is 0 Å². The molecule has 0 aliphatic carbocycles. The van der Waals surface area contributed by atoms with Crippen molar-refractivity contribution in [3.05, 3.63) is 22.2 Å². The minimum Gasteiger partial charge on any atom is -0.495 e. The van der Waals surface area contributed by atoms with Crippen molar-refractivity contribution in [1.29, 1.82) is 0 Å². The number of carboxylic acids is 1. The number of halogens is 1. The molecular weight excluding hydrogens is 334 g/mol. The molecular formula is C12H14BrNO6. The zero-order chi connectivity index (χ0) is 15.3. The molecule has 7 nitrogen and oxygen atoms in total. The van der Waals surface area contributed by atoms with Gasteiger partial charge in [0.25, 0.3) is 5.91 Å². The Morgan fingerprint density at radius 3 is 2.15 bits per heavy atom. The lowest BCUT2D eigenvalue weighted by molar-refractivity contribution is -0.140. The quantitative estimate of drug-likeness (QED) is 0.697. The average molecular weight is 348 g/mol. The number of benzene rings is 1. The molecule has 0 fully saturated rings. The molecule has 0 saturated carbocycles. The molecule has 0 bridgehead atoms. The van der Waals surface area contributed by atoms with Crippen molar-refractivity contribution in [2.24, 2.45) is 0 Å². The second kappa shape index (κ2) is 7.11. The number of methoxy groups -OCH3 is 2. The molecule has 20 heavy (non-hydrogen) atoms. The number of carbonyl (C=O) groups excluding carboxylic acids is 1. The molecule has 1 aromatic carbocycles. The fraction of sp³-hybridized carbons (Fsp3) is 0.333. The van der Waals surface area contributed by atoms with Crippen LogP contribution in [0.25, 0.3) is 0 Å². The number of carboxylic acid groups (broad SMARTS) is 1. The van der Waals surface area contributed by atoms with Gasteiger partial charge in [0.05, 0.1) is 20.8 Å². The zero-order valence-electron chi connectivity index (χ0n) is 10.8. The number of amides is 1. The number of hydrogen-bond acceptors (Lipinski definition) is 5. The predicted octanol–water partition coefficient (Wildman–Crippen LogP) is 0.642. The number of aliphatic carboxylic acids is 1. The molecule has 8 heteroatoms. The Labute approximate surface area is 123 Å². The highest BCUT2D eigenvalue weighted by atomic mass is 79.9. The molecule has 0 saturated heterocycles. The van der Waals surface area contributed by atoms with Crippen LogP contribution in [0.2, 0.25) is 0 Å². The van der Waals surface area contributed by atoms with Crippen LogP contribution in [-0.2, 0) is 4.79 Å². The number of hydrogen-bond donors (Lipinski definition) is 3. The van der Waals surface area contributed by atoms with Gasteiger partial charge in [0, 0.05) is 5.56 Å². The van der Waals surface area contributed by atoms with Crippen molar-refractivity contribution in [2.75, 3.05) is 20.8 Å². The van der Waals surface area contributed by atoms with Crippen molar-refractivity contribution in [3.63, 3.8) is 0 Å². The van der Waals surface area contributed by atoms with E-state index in [1.807, 2.05) is 0 Å².